The van der Waals surface area contributed by atoms with Crippen molar-refractivity contribution in [1.29, 1.82) is 0 Å². The van der Waals surface area contributed by atoms with Gasteiger partial charge in [0.2, 0.25) is 5.91 Å². The molecule has 1 aromatic rings. The van der Waals surface area contributed by atoms with Gasteiger partial charge < -0.3 is 10.2 Å². The van der Waals surface area contributed by atoms with Crippen molar-refractivity contribution >= 4 is 11.7 Å². The second-order valence-electron chi connectivity index (χ2n) is 8.58. The molecule has 1 aliphatic heterocycles. The largest absolute Gasteiger partial charge is 0.354 e. The topological polar surface area (TPSA) is 61.4 Å². The van der Waals surface area contributed by atoms with Gasteiger partial charge in [0.25, 0.3) is 0 Å². The molecule has 1 aromatic heterocycles. The number of carbonyl (C=O) groups excluding carboxylic acids is 1. The molecule has 6 nitrogen and oxygen atoms in total. The average molecular weight is 374 g/mol. The lowest BCUT2D eigenvalue weighted by Gasteiger charge is -2.36. The molecule has 1 saturated heterocycles. The lowest BCUT2D eigenvalue weighted by atomic mass is 9.86. The molecule has 2 atom stereocenters. The second-order valence-corrected chi connectivity index (χ2v) is 8.58. The van der Waals surface area contributed by atoms with Crippen LogP contribution in [0.3, 0.4) is 0 Å². The van der Waals surface area contributed by atoms with Crippen molar-refractivity contribution in [2.24, 2.45) is 5.92 Å². The first-order valence-electron chi connectivity index (χ1n) is 10.5. The lowest BCUT2D eigenvalue weighted by molar-refractivity contribution is -0.123. The Hall–Kier alpha value is -1.69. The number of rotatable bonds is 5. The van der Waals surface area contributed by atoms with E-state index in [4.69, 9.17) is 4.98 Å². The summed E-state index contributed by atoms with van der Waals surface area (Å²) in [5, 5.41) is 3.27. The van der Waals surface area contributed by atoms with Gasteiger partial charge in [-0.2, -0.15) is 0 Å². The smallest absolute Gasteiger partial charge is 0.234 e. The Bertz CT molecular complexity index is 639. The Labute approximate surface area is 163 Å². The molecule has 6 heteroatoms. The van der Waals surface area contributed by atoms with Gasteiger partial charge in [-0.05, 0) is 25.7 Å². The van der Waals surface area contributed by atoms with Crippen LogP contribution in [-0.2, 0) is 4.79 Å². The van der Waals surface area contributed by atoms with E-state index >= 15 is 0 Å². The zero-order valence-corrected chi connectivity index (χ0v) is 17.4. The number of aromatic nitrogens is 2. The van der Waals surface area contributed by atoms with Crippen LogP contribution in [0.25, 0.3) is 0 Å². The average Bonchev–Trinajstić information content (AvgIpc) is 2.63. The van der Waals surface area contributed by atoms with E-state index in [0.29, 0.717) is 24.4 Å². The van der Waals surface area contributed by atoms with Crippen molar-refractivity contribution in [2.75, 3.05) is 37.6 Å². The number of aryl methyl sites for hydroxylation is 1. The van der Waals surface area contributed by atoms with E-state index in [9.17, 15) is 4.79 Å². The predicted molar refractivity (Wildman–Crippen MR) is 109 cm³/mol. The summed E-state index contributed by atoms with van der Waals surface area (Å²) in [5.74, 6) is 3.05. The molecule has 0 unspecified atom stereocenters. The van der Waals surface area contributed by atoms with Crippen molar-refractivity contribution in [3.8, 4) is 0 Å². The van der Waals surface area contributed by atoms with E-state index < -0.39 is 0 Å². The molecule has 150 valence electrons. The maximum atomic E-state index is 12.5. The summed E-state index contributed by atoms with van der Waals surface area (Å²) in [4.78, 5) is 26.3. The Balaban J connectivity index is 1.49. The quantitative estimate of drug-likeness (QED) is 0.860. The van der Waals surface area contributed by atoms with Crippen molar-refractivity contribution in [3.63, 3.8) is 0 Å². The number of nitrogens with one attached hydrogen (secondary N) is 1. The van der Waals surface area contributed by atoms with Crippen molar-refractivity contribution in [1.82, 2.24) is 20.2 Å². The first-order chi connectivity index (χ1) is 12.9. The van der Waals surface area contributed by atoms with E-state index in [2.05, 4.69) is 46.9 Å². The van der Waals surface area contributed by atoms with E-state index in [1.54, 1.807) is 0 Å². The first kappa shape index (κ1) is 20.1. The number of anilines is 1. The highest BCUT2D eigenvalue weighted by atomic mass is 16.2. The Kier molecular flexibility index (Phi) is 6.68. The SMILES string of the molecule is Cc1cc(N2CCN(CC(=O)N[C@@H]3CCCC[C@@H]3C)CC2)nc(C(C)C)n1. The molecule has 0 bridgehead atoms. The van der Waals surface area contributed by atoms with Gasteiger partial charge in [-0.25, -0.2) is 9.97 Å². The van der Waals surface area contributed by atoms with E-state index in [1.165, 1.54) is 19.3 Å². The summed E-state index contributed by atoms with van der Waals surface area (Å²) in [6.45, 7) is 12.7. The molecule has 0 radical (unpaired) electrons. The Morgan fingerprint density at radius 1 is 1.19 bits per heavy atom. The van der Waals surface area contributed by atoms with Crippen LogP contribution >= 0.6 is 0 Å². The highest BCUT2D eigenvalue weighted by molar-refractivity contribution is 5.78. The first-order valence-corrected chi connectivity index (χ1v) is 10.5. The molecule has 1 amide bonds. The highest BCUT2D eigenvalue weighted by Gasteiger charge is 2.25. The van der Waals surface area contributed by atoms with Crippen LogP contribution in [0, 0.1) is 12.8 Å². The number of nitrogens with zero attached hydrogens (tertiary/aromatic N) is 4. The zero-order chi connectivity index (χ0) is 19.4. The minimum atomic E-state index is 0.183. The number of hydrogen-bond donors (Lipinski definition) is 1. The standard InChI is InChI=1S/C21H35N5O/c1-15(2)21-22-17(4)13-19(24-21)26-11-9-25(10-12-26)14-20(27)23-18-8-6-5-7-16(18)3/h13,15-16,18H,5-12,14H2,1-4H3,(H,23,27)/t16-,18+/m0/s1. The summed E-state index contributed by atoms with van der Waals surface area (Å²) in [7, 11) is 0. The summed E-state index contributed by atoms with van der Waals surface area (Å²) in [6.07, 6.45) is 4.91. The van der Waals surface area contributed by atoms with Crippen LogP contribution in [-0.4, -0.2) is 59.5 Å². The van der Waals surface area contributed by atoms with E-state index in [-0.39, 0.29) is 5.91 Å². The van der Waals surface area contributed by atoms with Gasteiger partial charge in [-0.15, -0.1) is 0 Å². The van der Waals surface area contributed by atoms with Gasteiger partial charge in [-0.3, -0.25) is 9.69 Å². The normalized spacial score (nSPS) is 24.3. The van der Waals surface area contributed by atoms with Crippen LogP contribution in [0.15, 0.2) is 6.07 Å². The Morgan fingerprint density at radius 3 is 2.56 bits per heavy atom. The number of piperazine rings is 1. The van der Waals surface area contributed by atoms with Gasteiger partial charge in [-0.1, -0.05) is 33.6 Å². The minimum Gasteiger partial charge on any atom is -0.354 e. The lowest BCUT2D eigenvalue weighted by Crippen LogP contribution is -2.51. The fourth-order valence-electron chi connectivity index (χ4n) is 4.12. The van der Waals surface area contributed by atoms with Crippen LogP contribution in [0.2, 0.25) is 0 Å². The number of hydrogen-bond acceptors (Lipinski definition) is 5. The van der Waals surface area contributed by atoms with E-state index in [0.717, 1.165) is 49.9 Å². The summed E-state index contributed by atoms with van der Waals surface area (Å²) >= 11 is 0. The van der Waals surface area contributed by atoms with Crippen LogP contribution in [0.1, 0.15) is 63.9 Å². The van der Waals surface area contributed by atoms with Crippen LogP contribution < -0.4 is 10.2 Å². The summed E-state index contributed by atoms with van der Waals surface area (Å²) < 4.78 is 0. The zero-order valence-electron chi connectivity index (χ0n) is 17.4. The molecule has 2 fully saturated rings. The molecule has 1 aliphatic carbocycles. The molecule has 2 aliphatic rings. The molecule has 0 spiro atoms. The van der Waals surface area contributed by atoms with Crippen LogP contribution in [0.5, 0.6) is 0 Å². The third-order valence-electron chi connectivity index (χ3n) is 5.90. The predicted octanol–water partition coefficient (Wildman–Crippen LogP) is 2.73. The van der Waals surface area contributed by atoms with Gasteiger partial charge in [0.15, 0.2) is 0 Å². The maximum Gasteiger partial charge on any atom is 0.234 e. The summed E-state index contributed by atoms with van der Waals surface area (Å²) in [5.41, 5.74) is 1.02. The monoisotopic (exact) mass is 373 g/mol. The summed E-state index contributed by atoms with van der Waals surface area (Å²) in [6, 6.07) is 2.43. The van der Waals surface area contributed by atoms with Crippen LogP contribution in [0.4, 0.5) is 5.82 Å². The molecule has 1 N–H and O–H groups in total. The van der Waals surface area contributed by atoms with E-state index in [1.807, 2.05) is 6.92 Å². The van der Waals surface area contributed by atoms with Gasteiger partial charge in [0, 0.05) is 49.9 Å². The maximum absolute atomic E-state index is 12.5. The van der Waals surface area contributed by atoms with Gasteiger partial charge in [0.05, 0.1) is 6.54 Å². The molecule has 0 aromatic carbocycles. The molecular formula is C21H35N5O. The Morgan fingerprint density at radius 2 is 1.89 bits per heavy atom. The second kappa shape index (κ2) is 9.00. The van der Waals surface area contributed by atoms with Gasteiger partial charge in [0.1, 0.15) is 11.6 Å². The van der Waals surface area contributed by atoms with Crippen molar-refractivity contribution in [2.45, 2.75) is 65.3 Å². The molecule has 2 heterocycles. The molecular weight excluding hydrogens is 338 g/mol. The third-order valence-corrected chi connectivity index (χ3v) is 5.90. The molecule has 3 rings (SSSR count). The molecule has 1 saturated carbocycles. The fourth-order valence-corrected chi connectivity index (χ4v) is 4.12. The highest BCUT2D eigenvalue weighted by Crippen LogP contribution is 2.23. The number of amides is 1. The number of carbonyl (C=O) groups is 1. The van der Waals surface area contributed by atoms with Gasteiger partial charge >= 0.3 is 0 Å². The van der Waals surface area contributed by atoms with Crippen molar-refractivity contribution < 1.29 is 4.79 Å². The minimum absolute atomic E-state index is 0.183. The fraction of sp³-hybridized carbons (Fsp3) is 0.762. The van der Waals surface area contributed by atoms with Crippen molar-refractivity contribution in [3.05, 3.63) is 17.6 Å². The molecule has 27 heavy (non-hydrogen) atoms. The third kappa shape index (κ3) is 5.41.